The molecule has 0 aliphatic carbocycles. The van der Waals surface area contributed by atoms with E-state index in [0.717, 1.165) is 0 Å². The van der Waals surface area contributed by atoms with E-state index in [1.807, 2.05) is 0 Å². The molecule has 3 rings (SSSR count). The van der Waals surface area contributed by atoms with Gasteiger partial charge in [0.1, 0.15) is 0 Å². The van der Waals surface area contributed by atoms with Gasteiger partial charge in [-0.2, -0.15) is 0 Å². The molecule has 0 aromatic heterocycles. The van der Waals surface area contributed by atoms with Crippen molar-refractivity contribution in [1.82, 2.24) is 0 Å². The fourth-order valence-electron chi connectivity index (χ4n) is 2.78. The first-order valence-electron chi connectivity index (χ1n) is 6.61. The molecule has 2 bridgehead atoms. The predicted molar refractivity (Wildman–Crippen MR) is 68.7 cm³/mol. The van der Waals surface area contributed by atoms with Gasteiger partial charge in [-0.15, -0.1) is 0 Å². The van der Waals surface area contributed by atoms with Gasteiger partial charge in [0.25, 0.3) is 0 Å². The summed E-state index contributed by atoms with van der Waals surface area (Å²) in [4.78, 5) is 24.2. The van der Waals surface area contributed by atoms with Crippen LogP contribution in [0.25, 0.3) is 0 Å². The summed E-state index contributed by atoms with van der Waals surface area (Å²) in [5.41, 5.74) is -2.99. The molecular formula is C12H19O7P. The van der Waals surface area contributed by atoms with E-state index in [2.05, 4.69) is 0 Å². The molecule has 1 spiro atoms. The SMILES string of the molecule is CC(=O)C1(C)OP23(OCCC(CO2)O3)OC1(C)C(C)=O. The summed E-state index contributed by atoms with van der Waals surface area (Å²) in [6, 6.07) is 0. The van der Waals surface area contributed by atoms with E-state index in [1.54, 1.807) is 0 Å². The third-order valence-electron chi connectivity index (χ3n) is 4.45. The van der Waals surface area contributed by atoms with E-state index in [9.17, 15) is 9.59 Å². The molecule has 0 aromatic rings. The molecule has 3 heterocycles. The van der Waals surface area contributed by atoms with Crippen LogP contribution >= 0.6 is 7.74 Å². The van der Waals surface area contributed by atoms with Crippen LogP contribution in [0.3, 0.4) is 0 Å². The topological polar surface area (TPSA) is 80.3 Å². The molecule has 20 heavy (non-hydrogen) atoms. The van der Waals surface area contributed by atoms with Crippen molar-refractivity contribution < 1.29 is 32.2 Å². The van der Waals surface area contributed by atoms with Crippen LogP contribution in [-0.4, -0.2) is 42.1 Å². The number of hydrogen-bond donors (Lipinski definition) is 0. The van der Waals surface area contributed by atoms with Crippen LogP contribution in [0.15, 0.2) is 0 Å². The fraction of sp³-hybridized carbons (Fsp3) is 0.833. The first-order chi connectivity index (χ1) is 9.15. The summed E-state index contributed by atoms with van der Waals surface area (Å²) >= 11 is 0. The van der Waals surface area contributed by atoms with Crippen LogP contribution in [0.1, 0.15) is 34.1 Å². The van der Waals surface area contributed by atoms with E-state index in [-0.39, 0.29) is 24.3 Å². The van der Waals surface area contributed by atoms with Crippen molar-refractivity contribution in [2.75, 3.05) is 13.2 Å². The van der Waals surface area contributed by atoms with Crippen molar-refractivity contribution in [3.05, 3.63) is 0 Å². The zero-order valence-electron chi connectivity index (χ0n) is 12.0. The maximum atomic E-state index is 12.1. The molecule has 7 nitrogen and oxygen atoms in total. The summed E-state index contributed by atoms with van der Waals surface area (Å²) in [5.74, 6) is -0.673. The second-order valence-electron chi connectivity index (χ2n) is 5.75. The van der Waals surface area contributed by atoms with Crippen molar-refractivity contribution in [2.24, 2.45) is 0 Å². The zero-order valence-corrected chi connectivity index (χ0v) is 12.9. The Labute approximate surface area is 117 Å². The number of ketones is 2. The molecule has 114 valence electrons. The monoisotopic (exact) mass is 306 g/mol. The Hall–Kier alpha value is -0.430. The first-order valence-corrected chi connectivity index (χ1v) is 8.43. The Morgan fingerprint density at radius 3 is 2.10 bits per heavy atom. The second kappa shape index (κ2) is 3.85. The van der Waals surface area contributed by atoms with Gasteiger partial charge >= 0.3 is 116 Å². The van der Waals surface area contributed by atoms with Gasteiger partial charge in [0, 0.05) is 0 Å². The summed E-state index contributed by atoms with van der Waals surface area (Å²) in [6.45, 7) is 6.36. The van der Waals surface area contributed by atoms with E-state index >= 15 is 0 Å². The van der Waals surface area contributed by atoms with Crippen LogP contribution in [0.5, 0.6) is 0 Å². The Bertz CT molecular complexity index is 472. The second-order valence-corrected chi connectivity index (χ2v) is 8.33. The molecule has 8 heteroatoms. The number of fused-ring (bicyclic) bond motifs is 1. The number of hydrogen-bond acceptors (Lipinski definition) is 7. The summed E-state index contributed by atoms with van der Waals surface area (Å²) in [7, 11) is -4.29. The Kier molecular flexibility index (Phi) is 2.79. The number of Topliss-reactive ketones (excluding diaryl/α,β-unsaturated/α-hetero) is 2. The molecule has 3 saturated heterocycles. The van der Waals surface area contributed by atoms with Crippen LogP contribution in [0, 0.1) is 0 Å². The van der Waals surface area contributed by atoms with Crippen molar-refractivity contribution in [3.8, 4) is 0 Å². The van der Waals surface area contributed by atoms with Crippen LogP contribution in [0.4, 0.5) is 0 Å². The van der Waals surface area contributed by atoms with E-state index in [4.69, 9.17) is 22.6 Å². The number of rotatable bonds is 2. The van der Waals surface area contributed by atoms with Crippen molar-refractivity contribution in [2.45, 2.75) is 51.4 Å². The minimum absolute atomic E-state index is 0.188. The van der Waals surface area contributed by atoms with Crippen LogP contribution in [-0.2, 0) is 32.2 Å². The summed E-state index contributed by atoms with van der Waals surface area (Å²) in [5, 5.41) is 0. The molecule has 0 radical (unpaired) electrons. The predicted octanol–water partition coefficient (Wildman–Crippen LogP) is 1.69. The van der Waals surface area contributed by atoms with Gasteiger partial charge in [0.05, 0.1) is 0 Å². The van der Waals surface area contributed by atoms with E-state index in [0.29, 0.717) is 13.0 Å². The summed E-state index contributed by atoms with van der Waals surface area (Å²) < 4.78 is 28.8. The van der Waals surface area contributed by atoms with E-state index < -0.39 is 18.9 Å². The summed E-state index contributed by atoms with van der Waals surface area (Å²) in [6.07, 6.45) is 0.477. The van der Waals surface area contributed by atoms with E-state index in [1.165, 1.54) is 27.7 Å². The molecular weight excluding hydrogens is 287 g/mol. The average molecular weight is 306 g/mol. The van der Waals surface area contributed by atoms with Gasteiger partial charge in [-0.3, -0.25) is 0 Å². The molecule has 0 aromatic carbocycles. The van der Waals surface area contributed by atoms with Crippen molar-refractivity contribution >= 4 is 19.3 Å². The van der Waals surface area contributed by atoms with Crippen LogP contribution in [0.2, 0.25) is 0 Å². The van der Waals surface area contributed by atoms with Gasteiger partial charge in [0.15, 0.2) is 0 Å². The van der Waals surface area contributed by atoms with Crippen molar-refractivity contribution in [3.63, 3.8) is 0 Å². The van der Waals surface area contributed by atoms with Gasteiger partial charge in [-0.05, 0) is 0 Å². The molecule has 0 amide bonds. The Balaban J connectivity index is 2.12. The normalized spacial score (nSPS) is 46.8. The Morgan fingerprint density at radius 2 is 1.60 bits per heavy atom. The molecule has 0 saturated carbocycles. The van der Waals surface area contributed by atoms with Crippen molar-refractivity contribution in [1.29, 1.82) is 0 Å². The van der Waals surface area contributed by atoms with Gasteiger partial charge in [0.2, 0.25) is 0 Å². The van der Waals surface area contributed by atoms with Gasteiger partial charge in [-0.25, -0.2) is 0 Å². The molecule has 3 atom stereocenters. The molecule has 3 aliphatic rings. The standard InChI is InChI=1S/C12H19O7P/c1-8(13)11(3)12(4,9(2)14)19-20(18-11)15-6-5-10(17-20)7-16-20/h10H,5-7H2,1-4H3. The maximum absolute atomic E-state index is 12.1. The van der Waals surface area contributed by atoms with Gasteiger partial charge in [-0.1, -0.05) is 0 Å². The zero-order chi connectivity index (χ0) is 14.8. The molecule has 0 N–H and O–H groups in total. The molecule has 3 unspecified atom stereocenters. The first kappa shape index (κ1) is 14.5. The minimum atomic E-state index is -4.29. The third kappa shape index (κ3) is 1.56. The third-order valence-corrected chi connectivity index (χ3v) is 7.60. The van der Waals surface area contributed by atoms with Crippen LogP contribution < -0.4 is 0 Å². The number of carbonyl (C=O) groups excluding carboxylic acids is 2. The van der Waals surface area contributed by atoms with Gasteiger partial charge < -0.3 is 0 Å². The average Bonchev–Trinajstić information content (AvgIpc) is 2.71. The fourth-order valence-corrected chi connectivity index (χ4v) is 6.58. The Morgan fingerprint density at radius 1 is 1.05 bits per heavy atom. The number of carbonyl (C=O) groups is 2. The molecule has 3 fully saturated rings. The molecule has 3 aliphatic heterocycles. The quantitative estimate of drug-likeness (QED) is 0.718.